The third-order valence-electron chi connectivity index (χ3n) is 3.59. The standard InChI is InChI=1S/C16H14F6N2O2S/c1-8-3-12(23)4-9(2)14(8)27(25,26)24-13-6-10(15(17,18)19)5-11(7-13)16(20,21)22/h3-7,24H,23H2,1-2H3. The zero-order valence-electron chi connectivity index (χ0n) is 14.0. The number of nitrogen functional groups attached to an aromatic ring is 1. The van der Waals surface area contributed by atoms with Crippen molar-refractivity contribution in [2.45, 2.75) is 31.1 Å². The molecule has 2 aromatic carbocycles. The Balaban J connectivity index is 2.59. The van der Waals surface area contributed by atoms with Gasteiger partial charge in [-0.2, -0.15) is 26.3 Å². The SMILES string of the molecule is Cc1cc(N)cc(C)c1S(=O)(=O)Nc1cc(C(F)(F)F)cc(C(F)(F)F)c1. The van der Waals surface area contributed by atoms with Crippen LogP contribution < -0.4 is 10.5 Å². The smallest absolute Gasteiger partial charge is 0.399 e. The van der Waals surface area contributed by atoms with Crippen molar-refractivity contribution in [1.29, 1.82) is 0 Å². The highest BCUT2D eigenvalue weighted by atomic mass is 32.2. The van der Waals surface area contributed by atoms with Crippen molar-refractivity contribution >= 4 is 21.4 Å². The highest BCUT2D eigenvalue weighted by Gasteiger charge is 2.37. The van der Waals surface area contributed by atoms with Gasteiger partial charge in [-0.15, -0.1) is 0 Å². The Kier molecular flexibility index (Phi) is 5.12. The van der Waals surface area contributed by atoms with Crippen molar-refractivity contribution in [2.24, 2.45) is 0 Å². The average Bonchev–Trinajstić information content (AvgIpc) is 2.42. The van der Waals surface area contributed by atoms with E-state index >= 15 is 0 Å². The third-order valence-corrected chi connectivity index (χ3v) is 5.28. The zero-order valence-corrected chi connectivity index (χ0v) is 14.8. The number of halogens is 6. The van der Waals surface area contributed by atoms with E-state index in [1.807, 2.05) is 0 Å². The zero-order chi connectivity index (χ0) is 20.8. The molecule has 0 heterocycles. The summed E-state index contributed by atoms with van der Waals surface area (Å²) in [7, 11) is -4.46. The van der Waals surface area contributed by atoms with Gasteiger partial charge in [0.2, 0.25) is 0 Å². The van der Waals surface area contributed by atoms with Gasteiger partial charge in [-0.1, -0.05) is 0 Å². The minimum absolute atomic E-state index is 0.0858. The Morgan fingerprint density at radius 2 is 1.22 bits per heavy atom. The Morgan fingerprint density at radius 1 is 0.815 bits per heavy atom. The number of sulfonamides is 1. The molecule has 0 saturated heterocycles. The summed E-state index contributed by atoms with van der Waals surface area (Å²) in [5, 5.41) is 0. The van der Waals surface area contributed by atoms with E-state index in [2.05, 4.69) is 0 Å². The van der Waals surface area contributed by atoms with E-state index in [0.717, 1.165) is 0 Å². The highest BCUT2D eigenvalue weighted by molar-refractivity contribution is 7.92. The molecule has 2 rings (SSSR count). The molecule has 0 radical (unpaired) electrons. The minimum atomic E-state index is -5.09. The van der Waals surface area contributed by atoms with Gasteiger partial charge in [-0.05, 0) is 55.3 Å². The van der Waals surface area contributed by atoms with Gasteiger partial charge < -0.3 is 5.73 Å². The molecule has 0 aromatic heterocycles. The summed E-state index contributed by atoms with van der Waals surface area (Å²) in [5.74, 6) is 0. The molecule has 0 aliphatic carbocycles. The van der Waals surface area contributed by atoms with E-state index < -0.39 is 39.2 Å². The largest absolute Gasteiger partial charge is 0.416 e. The second-order valence-electron chi connectivity index (χ2n) is 5.88. The first-order valence-electron chi connectivity index (χ1n) is 7.30. The van der Waals surface area contributed by atoms with E-state index in [4.69, 9.17) is 5.73 Å². The number of hydrogen-bond donors (Lipinski definition) is 2. The van der Waals surface area contributed by atoms with Crippen LogP contribution in [-0.4, -0.2) is 8.42 Å². The van der Waals surface area contributed by atoms with Crippen molar-refractivity contribution in [2.75, 3.05) is 10.5 Å². The molecule has 0 amide bonds. The topological polar surface area (TPSA) is 72.2 Å². The molecule has 0 saturated carbocycles. The van der Waals surface area contributed by atoms with E-state index in [-0.39, 0.29) is 27.8 Å². The second-order valence-corrected chi connectivity index (χ2v) is 7.50. The lowest BCUT2D eigenvalue weighted by atomic mass is 10.1. The summed E-state index contributed by atoms with van der Waals surface area (Å²) in [6.45, 7) is 2.82. The van der Waals surface area contributed by atoms with Crippen molar-refractivity contribution in [3.63, 3.8) is 0 Å². The quantitative estimate of drug-likeness (QED) is 0.566. The fourth-order valence-electron chi connectivity index (χ4n) is 2.63. The minimum Gasteiger partial charge on any atom is -0.399 e. The van der Waals surface area contributed by atoms with E-state index in [1.54, 1.807) is 4.72 Å². The Morgan fingerprint density at radius 3 is 1.59 bits per heavy atom. The lowest BCUT2D eigenvalue weighted by Gasteiger charge is -2.17. The third kappa shape index (κ3) is 4.65. The molecule has 0 atom stereocenters. The number of nitrogens with two attached hydrogens (primary N) is 1. The van der Waals surface area contributed by atoms with Crippen LogP contribution in [0.5, 0.6) is 0 Å². The van der Waals surface area contributed by atoms with E-state index in [9.17, 15) is 34.8 Å². The summed E-state index contributed by atoms with van der Waals surface area (Å²) >= 11 is 0. The second kappa shape index (κ2) is 6.63. The molecule has 148 valence electrons. The first-order valence-corrected chi connectivity index (χ1v) is 8.78. The molecule has 0 aliphatic rings. The first kappa shape index (κ1) is 20.9. The van der Waals surface area contributed by atoms with Crippen LogP contribution in [0.4, 0.5) is 37.7 Å². The van der Waals surface area contributed by atoms with Crippen molar-refractivity contribution in [3.05, 3.63) is 52.6 Å². The van der Waals surface area contributed by atoms with Gasteiger partial charge in [0, 0.05) is 5.69 Å². The van der Waals surface area contributed by atoms with Gasteiger partial charge in [0.05, 0.1) is 21.7 Å². The Labute approximate surface area is 151 Å². The lowest BCUT2D eigenvalue weighted by molar-refractivity contribution is -0.143. The van der Waals surface area contributed by atoms with Crippen molar-refractivity contribution in [1.82, 2.24) is 0 Å². The molecule has 3 N–H and O–H groups in total. The van der Waals surface area contributed by atoms with E-state index in [0.29, 0.717) is 12.1 Å². The van der Waals surface area contributed by atoms with Gasteiger partial charge in [-0.25, -0.2) is 8.42 Å². The van der Waals surface area contributed by atoms with Crippen LogP contribution >= 0.6 is 0 Å². The van der Waals surface area contributed by atoms with Crippen LogP contribution in [0.3, 0.4) is 0 Å². The maximum Gasteiger partial charge on any atom is 0.416 e. The molecular formula is C16H14F6N2O2S. The fraction of sp³-hybridized carbons (Fsp3) is 0.250. The van der Waals surface area contributed by atoms with Crippen molar-refractivity contribution < 1.29 is 34.8 Å². The normalized spacial score (nSPS) is 12.9. The first-order chi connectivity index (χ1) is 12.1. The predicted molar refractivity (Wildman–Crippen MR) is 87.6 cm³/mol. The summed E-state index contributed by atoms with van der Waals surface area (Å²) in [6, 6.07) is 3.17. The molecule has 0 bridgehead atoms. The van der Waals surface area contributed by atoms with Crippen LogP contribution in [0.25, 0.3) is 0 Å². The number of alkyl halides is 6. The van der Waals surface area contributed by atoms with Crippen LogP contribution in [0.1, 0.15) is 22.3 Å². The van der Waals surface area contributed by atoms with Crippen LogP contribution in [0.15, 0.2) is 35.2 Å². The summed E-state index contributed by atoms with van der Waals surface area (Å²) in [6.07, 6.45) is -10.2. The molecule has 0 spiro atoms. The lowest BCUT2D eigenvalue weighted by Crippen LogP contribution is -2.18. The molecule has 2 aromatic rings. The summed E-state index contributed by atoms with van der Waals surface area (Å²) < 4.78 is 104. The number of hydrogen-bond acceptors (Lipinski definition) is 3. The average molecular weight is 412 g/mol. The number of aryl methyl sites for hydroxylation is 2. The molecule has 0 fully saturated rings. The van der Waals surface area contributed by atoms with Gasteiger partial charge in [0.15, 0.2) is 0 Å². The van der Waals surface area contributed by atoms with Gasteiger partial charge >= 0.3 is 12.4 Å². The number of benzene rings is 2. The molecule has 0 unspecified atom stereocenters. The molecular weight excluding hydrogens is 398 g/mol. The van der Waals surface area contributed by atoms with Gasteiger partial charge in [0.25, 0.3) is 10.0 Å². The van der Waals surface area contributed by atoms with Gasteiger partial charge in [-0.3, -0.25) is 4.72 Å². The number of nitrogens with one attached hydrogen (secondary N) is 1. The maximum atomic E-state index is 12.9. The maximum absolute atomic E-state index is 12.9. The number of rotatable bonds is 3. The molecule has 11 heteroatoms. The van der Waals surface area contributed by atoms with Crippen molar-refractivity contribution in [3.8, 4) is 0 Å². The van der Waals surface area contributed by atoms with Gasteiger partial charge in [0.1, 0.15) is 0 Å². The monoisotopic (exact) mass is 412 g/mol. The Bertz CT molecular complexity index is 926. The molecule has 0 aliphatic heterocycles. The van der Waals surface area contributed by atoms with Crippen LogP contribution in [0, 0.1) is 13.8 Å². The molecule has 27 heavy (non-hydrogen) atoms. The summed E-state index contributed by atoms with van der Waals surface area (Å²) in [4.78, 5) is -0.275. The fourth-order valence-corrected chi connectivity index (χ4v) is 4.12. The summed E-state index contributed by atoms with van der Waals surface area (Å²) in [5.41, 5.74) is 2.15. The number of anilines is 2. The van der Waals surface area contributed by atoms with Crippen LogP contribution in [0.2, 0.25) is 0 Å². The van der Waals surface area contributed by atoms with Crippen LogP contribution in [-0.2, 0) is 22.4 Å². The highest BCUT2D eigenvalue weighted by Crippen LogP contribution is 2.38. The molecule has 4 nitrogen and oxygen atoms in total. The predicted octanol–water partition coefficient (Wildman–Crippen LogP) is 4.72. The van der Waals surface area contributed by atoms with E-state index in [1.165, 1.54) is 26.0 Å². The Hall–Kier alpha value is -2.43.